The van der Waals surface area contributed by atoms with Crippen LogP contribution in [-0.2, 0) is 0 Å². The second kappa shape index (κ2) is 7.53. The maximum Gasteiger partial charge on any atom is 0.283 e. The number of ether oxygens (including phenoxy) is 1. The zero-order valence-electron chi connectivity index (χ0n) is 13.4. The molecule has 1 saturated carbocycles. The van der Waals surface area contributed by atoms with Crippen molar-refractivity contribution in [1.29, 1.82) is 0 Å². The highest BCUT2D eigenvalue weighted by molar-refractivity contribution is 6.31. The largest absolute Gasteiger partial charge is 0.490 e. The summed E-state index contributed by atoms with van der Waals surface area (Å²) >= 11 is 5.77. The van der Waals surface area contributed by atoms with Crippen LogP contribution in [0.25, 0.3) is 0 Å². The number of nitro benzene ring substituents is 1. The van der Waals surface area contributed by atoms with Crippen LogP contribution in [-0.4, -0.2) is 16.9 Å². The van der Waals surface area contributed by atoms with Gasteiger partial charge >= 0.3 is 0 Å². The number of nitro groups is 1. The number of carbonyl (C=O) groups excluding carboxylic acids is 1. The molecule has 0 aliphatic heterocycles. The molecule has 25 heavy (non-hydrogen) atoms. The van der Waals surface area contributed by atoms with Gasteiger partial charge in [-0.05, 0) is 49.9 Å². The molecule has 6 nitrogen and oxygen atoms in total. The Kier molecular flexibility index (Phi) is 5.19. The van der Waals surface area contributed by atoms with E-state index in [0.29, 0.717) is 11.4 Å². The molecule has 2 aromatic carbocycles. The molecule has 1 N–H and O–H groups in total. The van der Waals surface area contributed by atoms with Crippen molar-refractivity contribution < 1.29 is 14.5 Å². The standard InChI is InChI=1S/C18H17ClN2O4/c19-12-8-9-16(17(10-12)21(23)24)18(22)20-13-4-3-7-15(11-13)25-14-5-1-2-6-14/h3-4,7-11,14H,1-2,5-6H2,(H,20,22). The zero-order chi connectivity index (χ0) is 17.8. The lowest BCUT2D eigenvalue weighted by molar-refractivity contribution is -0.385. The van der Waals surface area contributed by atoms with E-state index in [2.05, 4.69) is 5.32 Å². The molecule has 1 fully saturated rings. The first-order chi connectivity index (χ1) is 12.0. The fraction of sp³-hybridized carbons (Fsp3) is 0.278. The summed E-state index contributed by atoms with van der Waals surface area (Å²) in [4.78, 5) is 22.9. The summed E-state index contributed by atoms with van der Waals surface area (Å²) in [7, 11) is 0. The SMILES string of the molecule is O=C(Nc1cccc(OC2CCCC2)c1)c1ccc(Cl)cc1[N+](=O)[O-]. The Morgan fingerprint density at radius 2 is 1.96 bits per heavy atom. The minimum atomic E-state index is -0.625. The molecule has 2 aromatic rings. The fourth-order valence-corrected chi connectivity index (χ4v) is 3.06. The molecule has 0 radical (unpaired) electrons. The van der Waals surface area contributed by atoms with Crippen LogP contribution >= 0.6 is 11.6 Å². The number of rotatable bonds is 5. The van der Waals surface area contributed by atoms with Crippen LogP contribution in [0.1, 0.15) is 36.0 Å². The summed E-state index contributed by atoms with van der Waals surface area (Å²) in [5, 5.41) is 14.0. The lowest BCUT2D eigenvalue weighted by atomic mass is 10.1. The van der Waals surface area contributed by atoms with E-state index < -0.39 is 10.8 Å². The Hall–Kier alpha value is -2.60. The molecular weight excluding hydrogens is 344 g/mol. The van der Waals surface area contributed by atoms with Crippen molar-refractivity contribution in [1.82, 2.24) is 0 Å². The highest BCUT2D eigenvalue weighted by atomic mass is 35.5. The van der Waals surface area contributed by atoms with E-state index >= 15 is 0 Å². The lowest BCUT2D eigenvalue weighted by Crippen LogP contribution is -2.14. The van der Waals surface area contributed by atoms with Gasteiger partial charge in [-0.1, -0.05) is 17.7 Å². The highest BCUT2D eigenvalue weighted by Crippen LogP contribution is 2.27. The van der Waals surface area contributed by atoms with Gasteiger partial charge in [0.2, 0.25) is 0 Å². The third-order valence-corrected chi connectivity index (χ3v) is 4.33. The Morgan fingerprint density at radius 1 is 1.20 bits per heavy atom. The van der Waals surface area contributed by atoms with Crippen molar-refractivity contribution in [2.75, 3.05) is 5.32 Å². The number of benzene rings is 2. The molecule has 0 atom stereocenters. The van der Waals surface area contributed by atoms with Gasteiger partial charge in [0.1, 0.15) is 11.3 Å². The Labute approximate surface area is 149 Å². The monoisotopic (exact) mass is 360 g/mol. The molecule has 3 rings (SSSR count). The Balaban J connectivity index is 1.76. The molecule has 0 bridgehead atoms. The Bertz CT molecular complexity index is 803. The molecule has 1 aliphatic carbocycles. The molecule has 0 heterocycles. The summed E-state index contributed by atoms with van der Waals surface area (Å²) in [6.45, 7) is 0. The predicted octanol–water partition coefficient (Wildman–Crippen LogP) is 4.82. The average molecular weight is 361 g/mol. The summed E-state index contributed by atoms with van der Waals surface area (Å²) in [6.07, 6.45) is 4.62. The number of hydrogen-bond donors (Lipinski definition) is 1. The summed E-state index contributed by atoms with van der Waals surface area (Å²) in [6, 6.07) is 11.0. The van der Waals surface area contributed by atoms with Crippen LogP contribution in [0.4, 0.5) is 11.4 Å². The van der Waals surface area contributed by atoms with Crippen LogP contribution in [0, 0.1) is 10.1 Å². The van der Waals surface area contributed by atoms with Crippen molar-refractivity contribution in [3.8, 4) is 5.75 Å². The van der Waals surface area contributed by atoms with Crippen molar-refractivity contribution in [3.05, 3.63) is 63.2 Å². The van der Waals surface area contributed by atoms with E-state index in [0.717, 1.165) is 18.9 Å². The third-order valence-electron chi connectivity index (χ3n) is 4.10. The predicted molar refractivity (Wildman–Crippen MR) is 95.4 cm³/mol. The van der Waals surface area contributed by atoms with Crippen molar-refractivity contribution in [3.63, 3.8) is 0 Å². The lowest BCUT2D eigenvalue weighted by Gasteiger charge is -2.14. The molecule has 1 amide bonds. The fourth-order valence-electron chi connectivity index (χ4n) is 2.89. The normalized spacial score (nSPS) is 14.3. The second-order valence-corrected chi connectivity index (χ2v) is 6.36. The van der Waals surface area contributed by atoms with Gasteiger partial charge in [0.05, 0.1) is 11.0 Å². The van der Waals surface area contributed by atoms with E-state index in [4.69, 9.17) is 16.3 Å². The summed E-state index contributed by atoms with van der Waals surface area (Å²) in [5.74, 6) is 0.108. The highest BCUT2D eigenvalue weighted by Gasteiger charge is 2.21. The number of anilines is 1. The van der Waals surface area contributed by atoms with E-state index in [1.54, 1.807) is 18.2 Å². The van der Waals surface area contributed by atoms with Crippen molar-refractivity contribution >= 4 is 28.9 Å². The van der Waals surface area contributed by atoms with Gasteiger partial charge in [-0.2, -0.15) is 0 Å². The maximum absolute atomic E-state index is 12.4. The molecule has 1 aliphatic rings. The van der Waals surface area contributed by atoms with Crippen LogP contribution in [0.2, 0.25) is 5.02 Å². The molecule has 0 unspecified atom stereocenters. The zero-order valence-corrected chi connectivity index (χ0v) is 14.2. The van der Waals surface area contributed by atoms with Gasteiger partial charge in [0, 0.05) is 22.8 Å². The summed E-state index contributed by atoms with van der Waals surface area (Å²) in [5.41, 5.74) is 0.143. The van der Waals surface area contributed by atoms with E-state index in [9.17, 15) is 14.9 Å². The van der Waals surface area contributed by atoms with Gasteiger partial charge in [-0.15, -0.1) is 0 Å². The maximum atomic E-state index is 12.4. The second-order valence-electron chi connectivity index (χ2n) is 5.92. The number of nitrogens with one attached hydrogen (secondary N) is 1. The first-order valence-corrected chi connectivity index (χ1v) is 8.43. The van der Waals surface area contributed by atoms with Gasteiger partial charge in [-0.3, -0.25) is 14.9 Å². The molecule has 0 spiro atoms. The van der Waals surface area contributed by atoms with Gasteiger partial charge in [-0.25, -0.2) is 0 Å². The quantitative estimate of drug-likeness (QED) is 0.612. The van der Waals surface area contributed by atoms with Crippen LogP contribution in [0.15, 0.2) is 42.5 Å². The number of carbonyl (C=O) groups is 1. The van der Waals surface area contributed by atoms with E-state index in [1.807, 2.05) is 6.07 Å². The van der Waals surface area contributed by atoms with E-state index in [1.165, 1.54) is 25.0 Å². The first-order valence-electron chi connectivity index (χ1n) is 8.05. The van der Waals surface area contributed by atoms with Gasteiger partial charge in [0.15, 0.2) is 0 Å². The molecule has 0 saturated heterocycles. The number of amides is 1. The minimum absolute atomic E-state index is 0.0449. The number of hydrogen-bond acceptors (Lipinski definition) is 4. The summed E-state index contributed by atoms with van der Waals surface area (Å²) < 4.78 is 5.90. The smallest absolute Gasteiger partial charge is 0.283 e. The Morgan fingerprint density at radius 3 is 2.68 bits per heavy atom. The molecular formula is C18H17ClN2O4. The van der Waals surface area contributed by atoms with Crippen LogP contribution in [0.3, 0.4) is 0 Å². The average Bonchev–Trinajstić information content (AvgIpc) is 3.08. The number of nitrogens with zero attached hydrogens (tertiary/aromatic N) is 1. The topological polar surface area (TPSA) is 81.5 Å². The van der Waals surface area contributed by atoms with Crippen molar-refractivity contribution in [2.24, 2.45) is 0 Å². The van der Waals surface area contributed by atoms with Crippen molar-refractivity contribution in [2.45, 2.75) is 31.8 Å². The number of halogens is 1. The molecule has 0 aromatic heterocycles. The van der Waals surface area contributed by atoms with Gasteiger partial charge in [0.25, 0.3) is 11.6 Å². The van der Waals surface area contributed by atoms with Crippen LogP contribution < -0.4 is 10.1 Å². The van der Waals surface area contributed by atoms with E-state index in [-0.39, 0.29) is 22.4 Å². The molecule has 130 valence electrons. The molecule has 7 heteroatoms. The third kappa shape index (κ3) is 4.28. The van der Waals surface area contributed by atoms with Crippen LogP contribution in [0.5, 0.6) is 5.75 Å². The minimum Gasteiger partial charge on any atom is -0.490 e. The van der Waals surface area contributed by atoms with Gasteiger partial charge < -0.3 is 10.1 Å². The first kappa shape index (κ1) is 17.2.